The second kappa shape index (κ2) is 30.1. The lowest BCUT2D eigenvalue weighted by Gasteiger charge is -2.30. The summed E-state index contributed by atoms with van der Waals surface area (Å²) in [5, 5.41) is 57.9. The van der Waals surface area contributed by atoms with Crippen molar-refractivity contribution in [2.24, 2.45) is 29.4 Å². The highest BCUT2D eigenvalue weighted by molar-refractivity contribution is 5.98. The Bertz CT molecular complexity index is 2500. The van der Waals surface area contributed by atoms with Crippen molar-refractivity contribution < 1.29 is 68.4 Å². The number of hydrogen-bond donors (Lipinski definition) is 13. The average Bonchev–Trinajstić information content (AvgIpc) is 3.77. The summed E-state index contributed by atoms with van der Waals surface area (Å²) in [6.07, 6.45) is 0.453. The lowest BCUT2D eigenvalue weighted by Crippen LogP contribution is -2.62. The molecule has 0 fully saturated rings. The van der Waals surface area contributed by atoms with E-state index in [0.29, 0.717) is 24.0 Å². The first-order valence-corrected chi connectivity index (χ1v) is 25.6. The predicted molar refractivity (Wildman–Crippen MR) is 280 cm³/mol. The third-order valence-corrected chi connectivity index (χ3v) is 13.2. The number of aliphatic carboxylic acids is 3. The molecule has 1 aromatic heterocycles. The van der Waals surface area contributed by atoms with E-state index in [9.17, 15) is 63.3 Å². The van der Waals surface area contributed by atoms with Crippen LogP contribution in [0.5, 0.6) is 5.75 Å². The quantitative estimate of drug-likeness (QED) is 0.0425. The molecule has 14 N–H and O–H groups in total. The minimum Gasteiger partial charge on any atom is -0.508 e. The lowest BCUT2D eigenvalue weighted by atomic mass is 9.95. The molecule has 3 aromatic rings. The van der Waals surface area contributed by atoms with Crippen LogP contribution in [-0.4, -0.2) is 133 Å². The van der Waals surface area contributed by atoms with Gasteiger partial charge in [-0.3, -0.25) is 43.2 Å². The SMILES string of the molecule is CC[C@H](C)[C@H](NC(=O)[C@@H](NC(=O)[C@H](CCC(=O)O)NC(=O)[C@H](CC(C)C)NC(=O)[C@H](Cc1ccc(O)cc1)NC(=O)[C@@H](NC(=O)[C@@H](N)CCC(=O)O)[C@@H](C)CC)C(C)C)C(=O)N[C@@H](Cc1c[nH]c2ccccc12)C(=O)O. The summed E-state index contributed by atoms with van der Waals surface area (Å²) in [5.41, 5.74) is 7.83. The summed E-state index contributed by atoms with van der Waals surface area (Å²) < 4.78 is 0. The van der Waals surface area contributed by atoms with Crippen LogP contribution in [0.2, 0.25) is 0 Å². The molecule has 23 nitrogen and oxygen atoms in total. The third-order valence-electron chi connectivity index (χ3n) is 13.2. The van der Waals surface area contributed by atoms with Crippen LogP contribution in [0, 0.1) is 23.7 Å². The van der Waals surface area contributed by atoms with Gasteiger partial charge in [0.05, 0.1) is 6.04 Å². The molecule has 0 saturated heterocycles. The molecule has 10 atom stereocenters. The fourth-order valence-corrected chi connectivity index (χ4v) is 8.21. The Morgan fingerprint density at radius 1 is 0.539 bits per heavy atom. The van der Waals surface area contributed by atoms with Gasteiger partial charge in [-0.15, -0.1) is 0 Å². The second-order valence-electron chi connectivity index (χ2n) is 20.1. The molecular formula is C53H77N9O14. The van der Waals surface area contributed by atoms with Crippen molar-refractivity contribution in [3.63, 3.8) is 0 Å². The Morgan fingerprint density at radius 3 is 1.55 bits per heavy atom. The van der Waals surface area contributed by atoms with Crippen molar-refractivity contribution >= 4 is 70.2 Å². The number of rotatable bonds is 32. The normalized spacial score (nSPS) is 15.3. The number of carbonyl (C=O) groups excluding carboxylic acids is 7. The number of nitrogens with two attached hydrogens (primary N) is 1. The molecule has 418 valence electrons. The second-order valence-corrected chi connectivity index (χ2v) is 20.1. The number of nitrogens with one attached hydrogen (secondary N) is 8. The van der Waals surface area contributed by atoms with Crippen LogP contribution in [0.1, 0.15) is 111 Å². The van der Waals surface area contributed by atoms with Crippen molar-refractivity contribution in [2.75, 3.05) is 0 Å². The van der Waals surface area contributed by atoms with Crippen molar-refractivity contribution in [1.82, 2.24) is 42.2 Å². The van der Waals surface area contributed by atoms with E-state index < -0.39 is 145 Å². The molecule has 1 heterocycles. The van der Waals surface area contributed by atoms with E-state index in [1.54, 1.807) is 67.7 Å². The zero-order valence-electron chi connectivity index (χ0n) is 44.4. The molecular weight excluding hydrogens is 987 g/mol. The zero-order chi connectivity index (χ0) is 57.0. The number of benzene rings is 2. The van der Waals surface area contributed by atoms with Crippen LogP contribution in [0.4, 0.5) is 0 Å². The van der Waals surface area contributed by atoms with E-state index in [0.717, 1.165) is 10.9 Å². The van der Waals surface area contributed by atoms with Gasteiger partial charge in [0.2, 0.25) is 41.4 Å². The van der Waals surface area contributed by atoms with Gasteiger partial charge in [0.1, 0.15) is 48.0 Å². The third kappa shape index (κ3) is 19.6. The van der Waals surface area contributed by atoms with Crippen LogP contribution in [0.3, 0.4) is 0 Å². The summed E-state index contributed by atoms with van der Waals surface area (Å²) in [6, 6.07) is 2.08. The Hall–Kier alpha value is -7.56. The Kier molecular flexibility index (Phi) is 24.9. The van der Waals surface area contributed by atoms with Crippen molar-refractivity contribution in [1.29, 1.82) is 0 Å². The van der Waals surface area contributed by atoms with Gasteiger partial charge in [-0.1, -0.05) is 98.6 Å². The van der Waals surface area contributed by atoms with Gasteiger partial charge in [0.25, 0.3) is 0 Å². The van der Waals surface area contributed by atoms with Crippen LogP contribution in [0.25, 0.3) is 10.9 Å². The Balaban J connectivity index is 1.89. The first-order valence-electron chi connectivity index (χ1n) is 25.6. The minimum absolute atomic E-state index is 0.0227. The highest BCUT2D eigenvalue weighted by atomic mass is 16.4. The fourth-order valence-electron chi connectivity index (χ4n) is 8.21. The molecule has 0 aliphatic heterocycles. The molecule has 3 rings (SSSR count). The smallest absolute Gasteiger partial charge is 0.326 e. The van der Waals surface area contributed by atoms with E-state index in [2.05, 4.69) is 42.2 Å². The Labute approximate surface area is 442 Å². The number of aromatic amines is 1. The fraction of sp³-hybridized carbons (Fsp3) is 0.547. The number of para-hydroxylation sites is 1. The number of carboxylic acids is 3. The van der Waals surface area contributed by atoms with Gasteiger partial charge in [-0.2, -0.15) is 0 Å². The van der Waals surface area contributed by atoms with Crippen LogP contribution >= 0.6 is 0 Å². The number of carbonyl (C=O) groups is 10. The summed E-state index contributed by atoms with van der Waals surface area (Å²) in [4.78, 5) is 136. The monoisotopic (exact) mass is 1060 g/mol. The molecule has 0 unspecified atom stereocenters. The molecule has 7 amide bonds. The number of fused-ring (bicyclic) bond motifs is 1. The van der Waals surface area contributed by atoms with E-state index >= 15 is 0 Å². The number of aromatic hydroxyl groups is 1. The number of H-pyrrole nitrogens is 1. The molecule has 0 spiro atoms. The van der Waals surface area contributed by atoms with Gasteiger partial charge in [0.15, 0.2) is 0 Å². The topological polar surface area (TPSA) is 378 Å². The number of carboxylic acid groups (broad SMARTS) is 3. The Morgan fingerprint density at radius 2 is 1.01 bits per heavy atom. The molecule has 0 saturated carbocycles. The van der Waals surface area contributed by atoms with Crippen molar-refractivity contribution in [3.05, 3.63) is 65.9 Å². The van der Waals surface area contributed by atoms with Gasteiger partial charge in [-0.25, -0.2) is 4.79 Å². The van der Waals surface area contributed by atoms with E-state index in [4.69, 9.17) is 10.8 Å². The standard InChI is InChI=1S/C53H77N9O14/c1-9-29(7)44(61-46(68)35(54)19-21-41(64)65)51(73)58-39(24-31-15-17-33(63)18-16-31)49(71)57-38(23-27(3)4)48(70)56-37(20-22-42(66)67)47(69)60-43(28(5)6)50(72)62-45(30(8)10-2)52(74)59-40(53(75)76)25-32-26-55-36-14-12-11-13-34(32)36/h11-18,26-30,35,37-40,43-45,55,63H,9-10,19-25,54H2,1-8H3,(H,56,70)(H,57,71)(H,58,73)(H,59,74)(H,60,69)(H,61,68)(H,62,72)(H,64,65)(H,66,67)(H,75,76)/t29-,30-,35-,37-,38-,39-,40-,43-,44-,45-/m0/s1. The van der Waals surface area contributed by atoms with Crippen molar-refractivity contribution in [2.45, 2.75) is 162 Å². The van der Waals surface area contributed by atoms with E-state index in [-0.39, 0.29) is 37.4 Å². The minimum atomic E-state index is -1.59. The highest BCUT2D eigenvalue weighted by Gasteiger charge is 2.37. The van der Waals surface area contributed by atoms with Gasteiger partial charge < -0.3 is 68.4 Å². The molecule has 0 radical (unpaired) electrons. The first kappa shape index (κ1) is 62.7. The maximum Gasteiger partial charge on any atom is 0.326 e. The maximum atomic E-state index is 14.4. The molecule has 76 heavy (non-hydrogen) atoms. The number of aromatic nitrogens is 1. The highest BCUT2D eigenvalue weighted by Crippen LogP contribution is 2.21. The molecule has 0 bridgehead atoms. The van der Waals surface area contributed by atoms with Crippen LogP contribution < -0.4 is 43.0 Å². The largest absolute Gasteiger partial charge is 0.508 e. The van der Waals surface area contributed by atoms with E-state index in [1.807, 2.05) is 18.2 Å². The van der Waals surface area contributed by atoms with Gasteiger partial charge in [-0.05, 0) is 72.3 Å². The lowest BCUT2D eigenvalue weighted by molar-refractivity contribution is -0.143. The molecule has 23 heteroatoms. The van der Waals surface area contributed by atoms with Crippen LogP contribution in [0.15, 0.2) is 54.7 Å². The number of hydrogen-bond acceptors (Lipinski definition) is 12. The van der Waals surface area contributed by atoms with Crippen molar-refractivity contribution in [3.8, 4) is 5.75 Å². The molecule has 2 aromatic carbocycles. The summed E-state index contributed by atoms with van der Waals surface area (Å²) >= 11 is 0. The zero-order valence-corrected chi connectivity index (χ0v) is 44.4. The molecule has 0 aliphatic carbocycles. The van der Waals surface area contributed by atoms with E-state index in [1.165, 1.54) is 24.3 Å². The summed E-state index contributed by atoms with van der Waals surface area (Å²) in [5.74, 6) is -11.8. The summed E-state index contributed by atoms with van der Waals surface area (Å²) in [6.45, 7) is 13.6. The summed E-state index contributed by atoms with van der Waals surface area (Å²) in [7, 11) is 0. The average molecular weight is 1060 g/mol. The van der Waals surface area contributed by atoms with Crippen LogP contribution in [-0.2, 0) is 60.8 Å². The van der Waals surface area contributed by atoms with Gasteiger partial charge >= 0.3 is 17.9 Å². The van der Waals surface area contributed by atoms with Gasteiger partial charge in [0, 0.05) is 42.8 Å². The number of phenols is 1. The first-order chi connectivity index (χ1) is 35.8. The number of phenolic OH excluding ortho intramolecular Hbond substituents is 1. The number of amides is 7. The molecule has 0 aliphatic rings. The predicted octanol–water partition coefficient (Wildman–Crippen LogP) is 1.99. The maximum absolute atomic E-state index is 14.4.